The van der Waals surface area contributed by atoms with Crippen molar-refractivity contribution in [3.8, 4) is 0 Å². The molecule has 0 bridgehead atoms. The van der Waals surface area contributed by atoms with Gasteiger partial charge in [0.05, 0.1) is 5.69 Å². The summed E-state index contributed by atoms with van der Waals surface area (Å²) in [5.41, 5.74) is 1.06. The van der Waals surface area contributed by atoms with E-state index >= 15 is 0 Å². The van der Waals surface area contributed by atoms with Gasteiger partial charge in [-0.1, -0.05) is 13.8 Å². The quantitative estimate of drug-likeness (QED) is 0.633. The maximum Gasteiger partial charge on any atom is 0.203 e. The second-order valence-electron chi connectivity index (χ2n) is 4.90. The summed E-state index contributed by atoms with van der Waals surface area (Å²) in [6.07, 6.45) is 3.13. The molecular weight excluding hydrogens is 252 g/mol. The van der Waals surface area contributed by atoms with Gasteiger partial charge in [-0.2, -0.15) is 0 Å². The Morgan fingerprint density at radius 1 is 1.30 bits per heavy atom. The van der Waals surface area contributed by atoms with Gasteiger partial charge < -0.3 is 19.5 Å². The first-order chi connectivity index (χ1) is 9.71. The third-order valence-corrected chi connectivity index (χ3v) is 3.39. The molecule has 0 aliphatic carbocycles. The van der Waals surface area contributed by atoms with Gasteiger partial charge in [-0.3, -0.25) is 0 Å². The zero-order chi connectivity index (χ0) is 14.8. The van der Waals surface area contributed by atoms with E-state index < -0.39 is 0 Å². The van der Waals surface area contributed by atoms with E-state index in [9.17, 15) is 0 Å². The van der Waals surface area contributed by atoms with Gasteiger partial charge in [0, 0.05) is 39.0 Å². The van der Waals surface area contributed by atoms with Crippen LogP contribution >= 0.6 is 0 Å². The molecule has 0 spiro atoms. The van der Waals surface area contributed by atoms with Crippen LogP contribution in [-0.4, -0.2) is 53.8 Å². The number of anilines is 1. The number of hydrogen-bond acceptors (Lipinski definition) is 4. The lowest BCUT2D eigenvalue weighted by atomic mass is 10.4. The summed E-state index contributed by atoms with van der Waals surface area (Å²) < 4.78 is 7.57. The van der Waals surface area contributed by atoms with Crippen LogP contribution in [0.15, 0.2) is 6.20 Å². The second-order valence-corrected chi connectivity index (χ2v) is 4.90. The highest BCUT2D eigenvalue weighted by Crippen LogP contribution is 2.09. The number of aryl methyl sites for hydroxylation is 2. The molecule has 0 saturated carbocycles. The van der Waals surface area contributed by atoms with E-state index in [1.165, 1.54) is 0 Å². The molecule has 0 unspecified atom stereocenters. The van der Waals surface area contributed by atoms with Crippen LogP contribution in [0.4, 0.5) is 5.95 Å². The summed E-state index contributed by atoms with van der Waals surface area (Å²) >= 11 is 0. The molecule has 0 radical (unpaired) electrons. The second kappa shape index (κ2) is 9.77. The van der Waals surface area contributed by atoms with Crippen LogP contribution < -0.4 is 5.32 Å². The standard InChI is InChI=1S/C15H30N4O/c1-5-18(6-2)11-9-16-15-17-14(4)13-19(15)10-8-12-20-7-3/h13H,5-12H2,1-4H3,(H,16,17). The highest BCUT2D eigenvalue weighted by molar-refractivity contribution is 5.28. The molecule has 5 heteroatoms. The lowest BCUT2D eigenvalue weighted by molar-refractivity contribution is 0.142. The van der Waals surface area contributed by atoms with Crippen molar-refractivity contribution in [1.82, 2.24) is 14.5 Å². The van der Waals surface area contributed by atoms with Crippen molar-refractivity contribution in [2.45, 2.75) is 40.7 Å². The van der Waals surface area contributed by atoms with Gasteiger partial charge in [0.15, 0.2) is 0 Å². The number of nitrogens with one attached hydrogen (secondary N) is 1. The van der Waals surface area contributed by atoms with Crippen LogP contribution in [0.25, 0.3) is 0 Å². The van der Waals surface area contributed by atoms with E-state index in [1.54, 1.807) is 0 Å². The number of nitrogens with zero attached hydrogens (tertiary/aromatic N) is 3. The molecule has 0 aliphatic rings. The maximum absolute atomic E-state index is 5.38. The molecule has 1 rings (SSSR count). The average molecular weight is 282 g/mol. The fourth-order valence-corrected chi connectivity index (χ4v) is 2.21. The van der Waals surface area contributed by atoms with Gasteiger partial charge in [-0.25, -0.2) is 4.98 Å². The Kier molecular flexibility index (Phi) is 8.30. The summed E-state index contributed by atoms with van der Waals surface area (Å²) in [5, 5.41) is 3.44. The third kappa shape index (κ3) is 5.92. The third-order valence-electron chi connectivity index (χ3n) is 3.39. The number of imidazole rings is 1. The summed E-state index contributed by atoms with van der Waals surface area (Å²) in [6, 6.07) is 0. The SMILES string of the molecule is CCOCCCn1cc(C)nc1NCCN(CC)CC. The van der Waals surface area contributed by atoms with Crippen LogP contribution in [0.1, 0.15) is 32.9 Å². The maximum atomic E-state index is 5.38. The lowest BCUT2D eigenvalue weighted by Crippen LogP contribution is -2.29. The van der Waals surface area contributed by atoms with Crippen molar-refractivity contribution in [2.75, 3.05) is 44.7 Å². The smallest absolute Gasteiger partial charge is 0.203 e. The Morgan fingerprint density at radius 3 is 2.70 bits per heavy atom. The van der Waals surface area contributed by atoms with Crippen molar-refractivity contribution in [3.63, 3.8) is 0 Å². The summed E-state index contributed by atoms with van der Waals surface area (Å²) in [4.78, 5) is 6.96. The molecule has 1 heterocycles. The van der Waals surface area contributed by atoms with Crippen LogP contribution in [-0.2, 0) is 11.3 Å². The van der Waals surface area contributed by atoms with E-state index in [1.807, 2.05) is 13.8 Å². The van der Waals surface area contributed by atoms with Crippen molar-refractivity contribution in [3.05, 3.63) is 11.9 Å². The Hall–Kier alpha value is -1.07. The van der Waals surface area contributed by atoms with Gasteiger partial charge in [-0.05, 0) is 33.4 Å². The van der Waals surface area contributed by atoms with Gasteiger partial charge in [0.2, 0.25) is 5.95 Å². The van der Waals surface area contributed by atoms with E-state index in [0.717, 1.165) is 64.0 Å². The molecule has 0 atom stereocenters. The van der Waals surface area contributed by atoms with Gasteiger partial charge in [-0.15, -0.1) is 0 Å². The first kappa shape index (κ1) is 17.0. The first-order valence-corrected chi connectivity index (χ1v) is 7.78. The molecule has 5 nitrogen and oxygen atoms in total. The van der Waals surface area contributed by atoms with Crippen molar-refractivity contribution in [1.29, 1.82) is 0 Å². The molecule has 20 heavy (non-hydrogen) atoms. The zero-order valence-corrected chi connectivity index (χ0v) is 13.5. The van der Waals surface area contributed by atoms with E-state index in [0.29, 0.717) is 0 Å². The predicted octanol–water partition coefficient (Wildman–Crippen LogP) is 2.37. The predicted molar refractivity (Wildman–Crippen MR) is 84.4 cm³/mol. The molecule has 1 aromatic heterocycles. The van der Waals surface area contributed by atoms with Gasteiger partial charge in [0.25, 0.3) is 0 Å². The minimum atomic E-state index is 0.790. The molecular formula is C15H30N4O. The zero-order valence-electron chi connectivity index (χ0n) is 13.5. The molecule has 1 aromatic rings. The Morgan fingerprint density at radius 2 is 2.05 bits per heavy atom. The van der Waals surface area contributed by atoms with Crippen molar-refractivity contribution >= 4 is 5.95 Å². The topological polar surface area (TPSA) is 42.3 Å². The highest BCUT2D eigenvalue weighted by Gasteiger charge is 2.05. The van der Waals surface area contributed by atoms with Crippen LogP contribution in [0.3, 0.4) is 0 Å². The minimum Gasteiger partial charge on any atom is -0.382 e. The molecule has 0 fully saturated rings. The largest absolute Gasteiger partial charge is 0.382 e. The molecule has 1 N–H and O–H groups in total. The van der Waals surface area contributed by atoms with Crippen LogP contribution in [0.2, 0.25) is 0 Å². The van der Waals surface area contributed by atoms with Crippen molar-refractivity contribution < 1.29 is 4.74 Å². The Balaban J connectivity index is 2.40. The van der Waals surface area contributed by atoms with E-state index in [2.05, 4.69) is 39.8 Å². The summed E-state index contributed by atoms with van der Waals surface area (Å²) in [5.74, 6) is 0.978. The Bertz CT molecular complexity index is 361. The van der Waals surface area contributed by atoms with Gasteiger partial charge in [0.1, 0.15) is 0 Å². The van der Waals surface area contributed by atoms with Crippen molar-refractivity contribution in [2.24, 2.45) is 0 Å². The van der Waals surface area contributed by atoms with E-state index in [-0.39, 0.29) is 0 Å². The highest BCUT2D eigenvalue weighted by atomic mass is 16.5. The summed E-state index contributed by atoms with van der Waals surface area (Å²) in [6.45, 7) is 15.2. The number of aromatic nitrogens is 2. The lowest BCUT2D eigenvalue weighted by Gasteiger charge is -2.18. The fraction of sp³-hybridized carbons (Fsp3) is 0.800. The molecule has 116 valence electrons. The number of ether oxygens (including phenoxy) is 1. The average Bonchev–Trinajstić information content (AvgIpc) is 2.80. The van der Waals surface area contributed by atoms with Gasteiger partial charge >= 0.3 is 0 Å². The molecule has 0 saturated heterocycles. The van der Waals surface area contributed by atoms with Crippen LogP contribution in [0, 0.1) is 6.92 Å². The number of hydrogen-bond donors (Lipinski definition) is 1. The molecule has 0 amide bonds. The number of rotatable bonds is 11. The fourth-order valence-electron chi connectivity index (χ4n) is 2.21. The minimum absolute atomic E-state index is 0.790. The monoisotopic (exact) mass is 282 g/mol. The van der Waals surface area contributed by atoms with Crippen LogP contribution in [0.5, 0.6) is 0 Å². The summed E-state index contributed by atoms with van der Waals surface area (Å²) in [7, 11) is 0. The Labute approximate surface area is 123 Å². The first-order valence-electron chi connectivity index (χ1n) is 7.78. The van der Waals surface area contributed by atoms with E-state index in [4.69, 9.17) is 4.74 Å². The molecule has 0 aliphatic heterocycles. The normalized spacial score (nSPS) is 11.2. The number of likely N-dealkylation sites (N-methyl/N-ethyl adjacent to an activating group) is 1. The molecule has 0 aromatic carbocycles.